The Hall–Kier alpha value is -0.570. The zero-order valence-corrected chi connectivity index (χ0v) is 13.5. The van der Waals surface area contributed by atoms with Crippen LogP contribution < -0.4 is 5.32 Å². The molecule has 116 valence electrons. The molecule has 0 unspecified atom stereocenters. The fourth-order valence-electron chi connectivity index (χ4n) is 3.47. The summed E-state index contributed by atoms with van der Waals surface area (Å²) in [5, 5.41) is 3.20. The first-order valence-corrected chi connectivity index (χ1v) is 8.57. The van der Waals surface area contributed by atoms with Gasteiger partial charge in [0, 0.05) is 18.5 Å². The van der Waals surface area contributed by atoms with Crippen LogP contribution in [0.25, 0.3) is 0 Å². The molecular formula is C17H32N2O. The maximum Gasteiger partial charge on any atom is 0.222 e. The minimum Gasteiger partial charge on any atom is -0.353 e. The number of amides is 1. The van der Waals surface area contributed by atoms with Crippen LogP contribution >= 0.6 is 0 Å². The van der Waals surface area contributed by atoms with Crippen molar-refractivity contribution in [1.29, 1.82) is 0 Å². The largest absolute Gasteiger partial charge is 0.353 e. The summed E-state index contributed by atoms with van der Waals surface area (Å²) in [5.41, 5.74) is 0. The monoisotopic (exact) mass is 280 g/mol. The fraction of sp³-hybridized carbons (Fsp3) is 0.941. The lowest BCUT2D eigenvalue weighted by molar-refractivity contribution is -0.125. The molecule has 1 amide bonds. The third-order valence-electron chi connectivity index (χ3n) is 5.11. The van der Waals surface area contributed by atoms with Gasteiger partial charge in [-0.3, -0.25) is 4.79 Å². The van der Waals surface area contributed by atoms with Crippen molar-refractivity contribution in [3.63, 3.8) is 0 Å². The third-order valence-corrected chi connectivity index (χ3v) is 5.11. The highest BCUT2D eigenvalue weighted by Gasteiger charge is 2.25. The van der Waals surface area contributed by atoms with E-state index in [0.29, 0.717) is 6.04 Å². The summed E-state index contributed by atoms with van der Waals surface area (Å²) in [6.45, 7) is 10.2. The molecule has 0 radical (unpaired) electrons. The Morgan fingerprint density at radius 1 is 1.10 bits per heavy atom. The SMILES string of the molecule is CC1CCN(CC2CCC(NC(=O)C(C)C)CC2)CC1. The summed E-state index contributed by atoms with van der Waals surface area (Å²) in [5.74, 6) is 2.12. The Bertz CT molecular complexity index is 300. The summed E-state index contributed by atoms with van der Waals surface area (Å²) in [7, 11) is 0. The van der Waals surface area contributed by atoms with Crippen molar-refractivity contribution in [3.05, 3.63) is 0 Å². The van der Waals surface area contributed by atoms with Crippen LogP contribution in [0.1, 0.15) is 59.3 Å². The van der Waals surface area contributed by atoms with Crippen LogP contribution in [0.2, 0.25) is 0 Å². The predicted molar refractivity (Wildman–Crippen MR) is 83.6 cm³/mol. The lowest BCUT2D eigenvalue weighted by Gasteiger charge is -2.36. The van der Waals surface area contributed by atoms with Gasteiger partial charge in [0.1, 0.15) is 0 Å². The van der Waals surface area contributed by atoms with Gasteiger partial charge in [0.15, 0.2) is 0 Å². The van der Waals surface area contributed by atoms with E-state index in [1.54, 1.807) is 0 Å². The van der Waals surface area contributed by atoms with E-state index in [1.807, 2.05) is 13.8 Å². The van der Waals surface area contributed by atoms with Crippen LogP contribution in [-0.4, -0.2) is 36.5 Å². The van der Waals surface area contributed by atoms with Gasteiger partial charge >= 0.3 is 0 Å². The number of likely N-dealkylation sites (tertiary alicyclic amines) is 1. The summed E-state index contributed by atoms with van der Waals surface area (Å²) >= 11 is 0. The number of rotatable bonds is 4. The quantitative estimate of drug-likeness (QED) is 0.858. The van der Waals surface area contributed by atoms with Gasteiger partial charge < -0.3 is 10.2 Å². The van der Waals surface area contributed by atoms with Crippen LogP contribution in [0.4, 0.5) is 0 Å². The molecule has 3 heteroatoms. The number of piperidine rings is 1. The summed E-state index contributed by atoms with van der Waals surface area (Å²) < 4.78 is 0. The Morgan fingerprint density at radius 2 is 1.70 bits per heavy atom. The van der Waals surface area contributed by atoms with E-state index >= 15 is 0 Å². The molecular weight excluding hydrogens is 248 g/mol. The zero-order valence-electron chi connectivity index (χ0n) is 13.5. The summed E-state index contributed by atoms with van der Waals surface area (Å²) in [6.07, 6.45) is 7.67. The maximum atomic E-state index is 11.7. The second-order valence-corrected chi connectivity index (χ2v) is 7.36. The van der Waals surface area contributed by atoms with Crippen molar-refractivity contribution in [2.75, 3.05) is 19.6 Å². The molecule has 0 atom stereocenters. The molecule has 1 saturated heterocycles. The molecule has 0 aromatic heterocycles. The van der Waals surface area contributed by atoms with Crippen molar-refractivity contribution in [1.82, 2.24) is 10.2 Å². The van der Waals surface area contributed by atoms with Crippen LogP contribution in [0.5, 0.6) is 0 Å². The number of hydrogen-bond acceptors (Lipinski definition) is 2. The van der Waals surface area contributed by atoms with E-state index in [4.69, 9.17) is 0 Å². The molecule has 0 aromatic rings. The molecule has 1 aliphatic carbocycles. The van der Waals surface area contributed by atoms with Gasteiger partial charge in [-0.15, -0.1) is 0 Å². The molecule has 0 aromatic carbocycles. The van der Waals surface area contributed by atoms with Crippen molar-refractivity contribution in [2.45, 2.75) is 65.3 Å². The van der Waals surface area contributed by atoms with Crippen molar-refractivity contribution in [3.8, 4) is 0 Å². The van der Waals surface area contributed by atoms with Gasteiger partial charge in [-0.05, 0) is 63.5 Å². The molecule has 1 heterocycles. The number of carbonyl (C=O) groups is 1. The Kier molecular flexibility index (Phi) is 5.88. The molecule has 20 heavy (non-hydrogen) atoms. The zero-order chi connectivity index (χ0) is 14.5. The van der Waals surface area contributed by atoms with Gasteiger partial charge in [0.05, 0.1) is 0 Å². The molecule has 2 aliphatic rings. The van der Waals surface area contributed by atoms with Gasteiger partial charge in [-0.1, -0.05) is 20.8 Å². The highest BCUT2D eigenvalue weighted by atomic mass is 16.1. The normalized spacial score (nSPS) is 29.6. The molecule has 2 fully saturated rings. The topological polar surface area (TPSA) is 32.3 Å². The van der Waals surface area contributed by atoms with Crippen LogP contribution in [0.3, 0.4) is 0 Å². The fourth-order valence-corrected chi connectivity index (χ4v) is 3.47. The molecule has 1 saturated carbocycles. The second kappa shape index (κ2) is 7.44. The standard InChI is InChI=1S/C17H32N2O/c1-13(2)17(20)18-16-6-4-15(5-7-16)12-19-10-8-14(3)9-11-19/h13-16H,4-12H2,1-3H3,(H,18,20). The number of carbonyl (C=O) groups excluding carboxylic acids is 1. The van der Waals surface area contributed by atoms with Gasteiger partial charge in [-0.25, -0.2) is 0 Å². The smallest absolute Gasteiger partial charge is 0.222 e. The first kappa shape index (κ1) is 15.8. The predicted octanol–water partition coefficient (Wildman–Crippen LogP) is 3.05. The molecule has 2 rings (SSSR count). The van der Waals surface area contributed by atoms with Crippen LogP contribution in [-0.2, 0) is 4.79 Å². The minimum absolute atomic E-state index is 0.114. The van der Waals surface area contributed by atoms with Gasteiger partial charge in [-0.2, -0.15) is 0 Å². The Morgan fingerprint density at radius 3 is 2.25 bits per heavy atom. The third kappa shape index (κ3) is 4.76. The summed E-state index contributed by atoms with van der Waals surface area (Å²) in [4.78, 5) is 14.4. The van der Waals surface area contributed by atoms with Crippen molar-refractivity contribution in [2.24, 2.45) is 17.8 Å². The first-order chi connectivity index (χ1) is 9.54. The highest BCUT2D eigenvalue weighted by molar-refractivity contribution is 5.78. The van der Waals surface area contributed by atoms with Gasteiger partial charge in [0.25, 0.3) is 0 Å². The lowest BCUT2D eigenvalue weighted by Crippen LogP contribution is -2.42. The number of hydrogen-bond donors (Lipinski definition) is 1. The van der Waals surface area contributed by atoms with E-state index in [9.17, 15) is 4.79 Å². The number of nitrogens with zero attached hydrogens (tertiary/aromatic N) is 1. The molecule has 0 spiro atoms. The first-order valence-electron chi connectivity index (χ1n) is 8.57. The van der Waals surface area contributed by atoms with E-state index in [-0.39, 0.29) is 11.8 Å². The van der Waals surface area contributed by atoms with E-state index in [0.717, 1.165) is 11.8 Å². The molecule has 3 nitrogen and oxygen atoms in total. The van der Waals surface area contributed by atoms with Crippen LogP contribution in [0.15, 0.2) is 0 Å². The lowest BCUT2D eigenvalue weighted by atomic mass is 9.85. The minimum atomic E-state index is 0.114. The molecule has 1 aliphatic heterocycles. The maximum absolute atomic E-state index is 11.7. The average molecular weight is 280 g/mol. The van der Waals surface area contributed by atoms with E-state index in [2.05, 4.69) is 17.1 Å². The molecule has 0 bridgehead atoms. The van der Waals surface area contributed by atoms with Crippen molar-refractivity contribution < 1.29 is 4.79 Å². The Balaban J connectivity index is 1.65. The van der Waals surface area contributed by atoms with E-state index in [1.165, 1.54) is 58.2 Å². The van der Waals surface area contributed by atoms with Crippen LogP contribution in [0, 0.1) is 17.8 Å². The summed E-state index contributed by atoms with van der Waals surface area (Å²) in [6, 6.07) is 0.433. The Labute approximate surface area is 124 Å². The second-order valence-electron chi connectivity index (χ2n) is 7.36. The van der Waals surface area contributed by atoms with E-state index < -0.39 is 0 Å². The number of nitrogens with one attached hydrogen (secondary N) is 1. The molecule has 1 N–H and O–H groups in total. The average Bonchev–Trinajstić information content (AvgIpc) is 2.43. The highest BCUT2D eigenvalue weighted by Crippen LogP contribution is 2.27. The van der Waals surface area contributed by atoms with Gasteiger partial charge in [0.2, 0.25) is 5.91 Å². The van der Waals surface area contributed by atoms with Crippen molar-refractivity contribution >= 4 is 5.91 Å².